The molecule has 2 aromatic heterocycles. The Balaban J connectivity index is 1.63. The van der Waals surface area contributed by atoms with Crippen LogP contribution in [0.4, 0.5) is 0 Å². The van der Waals surface area contributed by atoms with E-state index in [1.165, 1.54) is 4.90 Å². The zero-order valence-corrected chi connectivity index (χ0v) is 13.6. The molecule has 108 valence electrons. The average Bonchev–Trinajstić information content (AvgIpc) is 2.88. The molecule has 0 bridgehead atoms. The van der Waals surface area contributed by atoms with Crippen LogP contribution >= 0.6 is 23.5 Å². The van der Waals surface area contributed by atoms with E-state index in [0.717, 1.165) is 33.8 Å². The van der Waals surface area contributed by atoms with Gasteiger partial charge in [0, 0.05) is 28.2 Å². The van der Waals surface area contributed by atoms with Gasteiger partial charge in [0.05, 0.1) is 0 Å². The Morgan fingerprint density at radius 2 is 1.76 bits per heavy atom. The van der Waals surface area contributed by atoms with Gasteiger partial charge in [-0.05, 0) is 26.0 Å². The molecule has 0 radical (unpaired) electrons. The Hall–Kier alpha value is -1.53. The standard InChI is InChI=1S/C15H16N4S2/c1-11-10-14-17-18-15(19(14)12(2)16-11)21-9-8-20-13-6-4-3-5-7-13/h3-7,10H,8-9H2,1-2H3. The molecule has 0 N–H and O–H groups in total. The van der Waals surface area contributed by atoms with Crippen molar-refractivity contribution in [2.45, 2.75) is 23.9 Å². The van der Waals surface area contributed by atoms with Gasteiger partial charge in [0.2, 0.25) is 0 Å². The second kappa shape index (κ2) is 6.49. The lowest BCUT2D eigenvalue weighted by Gasteiger charge is -2.04. The quantitative estimate of drug-likeness (QED) is 0.531. The zero-order valence-electron chi connectivity index (χ0n) is 12.0. The van der Waals surface area contributed by atoms with Crippen molar-refractivity contribution in [1.82, 2.24) is 19.6 Å². The van der Waals surface area contributed by atoms with Crippen LogP contribution in [0.3, 0.4) is 0 Å². The summed E-state index contributed by atoms with van der Waals surface area (Å²) in [5.74, 6) is 2.98. The Bertz CT molecular complexity index is 740. The van der Waals surface area contributed by atoms with Crippen molar-refractivity contribution < 1.29 is 0 Å². The SMILES string of the molecule is Cc1cc2nnc(SCCSc3ccccc3)n2c(C)n1. The minimum atomic E-state index is 0.873. The van der Waals surface area contributed by atoms with Crippen LogP contribution in [0.15, 0.2) is 46.5 Å². The fourth-order valence-electron chi connectivity index (χ4n) is 2.11. The molecule has 1 aromatic carbocycles. The van der Waals surface area contributed by atoms with Gasteiger partial charge in [0.15, 0.2) is 10.8 Å². The lowest BCUT2D eigenvalue weighted by molar-refractivity contribution is 0.855. The van der Waals surface area contributed by atoms with Crippen LogP contribution in [0, 0.1) is 13.8 Å². The maximum Gasteiger partial charge on any atom is 0.197 e. The molecule has 3 rings (SSSR count). The number of aryl methyl sites for hydroxylation is 2. The van der Waals surface area contributed by atoms with Crippen LogP contribution in [0.5, 0.6) is 0 Å². The third-order valence-electron chi connectivity index (χ3n) is 2.98. The summed E-state index contributed by atoms with van der Waals surface area (Å²) in [6, 6.07) is 12.4. The van der Waals surface area contributed by atoms with Crippen LogP contribution in [0.1, 0.15) is 11.5 Å². The number of thioether (sulfide) groups is 2. The number of fused-ring (bicyclic) bond motifs is 1. The van der Waals surface area contributed by atoms with Crippen molar-refractivity contribution in [1.29, 1.82) is 0 Å². The molecule has 0 saturated carbocycles. The fourth-order valence-corrected chi connectivity index (χ4v) is 3.99. The van der Waals surface area contributed by atoms with Gasteiger partial charge in [0.1, 0.15) is 5.82 Å². The topological polar surface area (TPSA) is 43.1 Å². The molecule has 6 heteroatoms. The number of rotatable bonds is 5. The van der Waals surface area contributed by atoms with Crippen LogP contribution in [-0.2, 0) is 0 Å². The number of hydrogen-bond acceptors (Lipinski definition) is 5. The molecule has 21 heavy (non-hydrogen) atoms. The van der Waals surface area contributed by atoms with Gasteiger partial charge in [0.25, 0.3) is 0 Å². The number of benzene rings is 1. The van der Waals surface area contributed by atoms with E-state index < -0.39 is 0 Å². The van der Waals surface area contributed by atoms with E-state index in [1.807, 2.05) is 42.1 Å². The molecule has 0 unspecified atom stereocenters. The summed E-state index contributed by atoms with van der Waals surface area (Å²) in [4.78, 5) is 5.78. The van der Waals surface area contributed by atoms with E-state index in [-0.39, 0.29) is 0 Å². The lowest BCUT2D eigenvalue weighted by atomic mass is 10.4. The molecule has 0 aliphatic rings. The molecule has 4 nitrogen and oxygen atoms in total. The fraction of sp³-hybridized carbons (Fsp3) is 0.267. The summed E-state index contributed by atoms with van der Waals surface area (Å²) in [7, 11) is 0. The number of aromatic nitrogens is 4. The predicted molar refractivity (Wildman–Crippen MR) is 88.1 cm³/mol. The highest BCUT2D eigenvalue weighted by Gasteiger charge is 2.09. The van der Waals surface area contributed by atoms with Gasteiger partial charge in [-0.15, -0.1) is 22.0 Å². The average molecular weight is 316 g/mol. The predicted octanol–water partition coefficient (Wildman–Crippen LogP) is 3.63. The summed E-state index contributed by atoms with van der Waals surface area (Å²) in [5.41, 5.74) is 1.85. The molecular formula is C15H16N4S2. The van der Waals surface area contributed by atoms with Crippen LogP contribution in [0.25, 0.3) is 5.65 Å². The first-order valence-electron chi connectivity index (χ1n) is 6.74. The van der Waals surface area contributed by atoms with E-state index in [2.05, 4.69) is 39.4 Å². The van der Waals surface area contributed by atoms with Crippen molar-refractivity contribution in [2.75, 3.05) is 11.5 Å². The maximum atomic E-state index is 4.47. The first-order chi connectivity index (χ1) is 10.2. The van der Waals surface area contributed by atoms with Gasteiger partial charge in [-0.3, -0.25) is 4.40 Å². The minimum Gasteiger partial charge on any atom is -0.258 e. The summed E-state index contributed by atoms with van der Waals surface area (Å²) in [6.45, 7) is 3.97. The highest BCUT2D eigenvalue weighted by Crippen LogP contribution is 2.23. The highest BCUT2D eigenvalue weighted by atomic mass is 32.2. The third-order valence-corrected chi connectivity index (χ3v) is 5.19. The molecule has 2 heterocycles. The Morgan fingerprint density at radius 3 is 2.57 bits per heavy atom. The van der Waals surface area contributed by atoms with Crippen molar-refractivity contribution in [3.8, 4) is 0 Å². The number of nitrogens with zero attached hydrogens (tertiary/aromatic N) is 4. The van der Waals surface area contributed by atoms with Crippen molar-refractivity contribution >= 4 is 29.2 Å². The Morgan fingerprint density at radius 1 is 1.00 bits per heavy atom. The minimum absolute atomic E-state index is 0.873. The molecule has 3 aromatic rings. The molecule has 0 atom stereocenters. The lowest BCUT2D eigenvalue weighted by Crippen LogP contribution is -1.99. The summed E-state index contributed by atoms with van der Waals surface area (Å²) < 4.78 is 2.02. The van der Waals surface area contributed by atoms with E-state index in [4.69, 9.17) is 0 Å². The van der Waals surface area contributed by atoms with Crippen LogP contribution in [-0.4, -0.2) is 31.1 Å². The van der Waals surface area contributed by atoms with E-state index in [9.17, 15) is 0 Å². The molecule has 0 saturated heterocycles. The molecule has 0 amide bonds. The van der Waals surface area contributed by atoms with E-state index >= 15 is 0 Å². The van der Waals surface area contributed by atoms with Gasteiger partial charge in [-0.2, -0.15) is 0 Å². The molecule has 0 aliphatic carbocycles. The molecular weight excluding hydrogens is 300 g/mol. The van der Waals surface area contributed by atoms with Crippen LogP contribution in [0.2, 0.25) is 0 Å². The Labute approximate surface area is 132 Å². The van der Waals surface area contributed by atoms with Gasteiger partial charge in [-0.1, -0.05) is 30.0 Å². The molecule has 0 spiro atoms. The second-order valence-corrected chi connectivity index (χ2v) is 6.86. The normalized spacial score (nSPS) is 11.1. The smallest absolute Gasteiger partial charge is 0.197 e. The van der Waals surface area contributed by atoms with E-state index in [1.54, 1.807) is 11.8 Å². The Kier molecular flexibility index (Phi) is 4.45. The summed E-state index contributed by atoms with van der Waals surface area (Å²) in [6.07, 6.45) is 0. The largest absolute Gasteiger partial charge is 0.258 e. The summed E-state index contributed by atoms with van der Waals surface area (Å²) >= 11 is 3.58. The van der Waals surface area contributed by atoms with Gasteiger partial charge in [-0.25, -0.2) is 4.98 Å². The summed E-state index contributed by atoms with van der Waals surface area (Å²) in [5, 5.41) is 9.41. The number of hydrogen-bond donors (Lipinski definition) is 0. The van der Waals surface area contributed by atoms with Gasteiger partial charge >= 0.3 is 0 Å². The second-order valence-electron chi connectivity index (χ2n) is 4.63. The zero-order chi connectivity index (χ0) is 14.7. The van der Waals surface area contributed by atoms with Crippen LogP contribution < -0.4 is 0 Å². The van der Waals surface area contributed by atoms with Gasteiger partial charge < -0.3 is 0 Å². The first kappa shape index (κ1) is 14.4. The molecule has 0 aliphatic heterocycles. The highest BCUT2D eigenvalue weighted by molar-refractivity contribution is 8.02. The van der Waals surface area contributed by atoms with E-state index in [0.29, 0.717) is 0 Å². The third kappa shape index (κ3) is 3.39. The monoisotopic (exact) mass is 316 g/mol. The van der Waals surface area contributed by atoms with Crippen molar-refractivity contribution in [3.05, 3.63) is 47.9 Å². The van der Waals surface area contributed by atoms with Crippen molar-refractivity contribution in [2.24, 2.45) is 0 Å². The maximum absolute atomic E-state index is 4.47. The first-order valence-corrected chi connectivity index (χ1v) is 8.71. The molecule has 0 fully saturated rings. The van der Waals surface area contributed by atoms with Crippen molar-refractivity contribution in [3.63, 3.8) is 0 Å².